The third-order valence-electron chi connectivity index (χ3n) is 4.97. The van der Waals surface area contributed by atoms with Gasteiger partial charge in [-0.1, -0.05) is 23.9 Å². The van der Waals surface area contributed by atoms with Crippen molar-refractivity contribution in [2.24, 2.45) is 0 Å². The molecular weight excluding hydrogens is 456 g/mol. The number of aromatic nitrogens is 2. The van der Waals surface area contributed by atoms with Crippen LogP contribution in [0.1, 0.15) is 6.93 Å². The number of ether oxygens (including phenoxy) is 3. The first-order valence-electron chi connectivity index (χ1n) is 11.0. The van der Waals surface area contributed by atoms with E-state index < -0.39 is 16.4 Å². The molecule has 2 amide bonds. The molecule has 0 aliphatic carbocycles. The van der Waals surface area contributed by atoms with Gasteiger partial charge >= 0.3 is 0 Å². The Bertz CT molecular complexity index is 1200. The third kappa shape index (κ3) is 6.16. The monoisotopic (exact) mass is 481 g/mol. The highest BCUT2D eigenvalue weighted by Crippen LogP contribution is 2.25. The predicted molar refractivity (Wildman–Crippen MR) is 129 cm³/mol. The van der Waals surface area contributed by atoms with E-state index in [0.717, 1.165) is 11.3 Å². The van der Waals surface area contributed by atoms with Crippen LogP contribution in [0.25, 0.3) is 0 Å². The molecule has 10 heteroatoms. The predicted octanol–water partition coefficient (Wildman–Crippen LogP) is 3.69. The highest BCUT2D eigenvalue weighted by Gasteiger charge is 2.31. The van der Waals surface area contributed by atoms with Crippen molar-refractivity contribution in [2.75, 3.05) is 32.2 Å². The zero-order valence-corrected chi connectivity index (χ0v) is 19.5. The van der Waals surface area contributed by atoms with Crippen molar-refractivity contribution in [3.05, 3.63) is 66.5 Å². The summed E-state index contributed by atoms with van der Waals surface area (Å²) in [5.41, 5.74) is 0.771. The Morgan fingerprint density at radius 1 is 1.06 bits per heavy atom. The van der Waals surface area contributed by atoms with Crippen LogP contribution in [-0.4, -0.2) is 53.6 Å². The smallest absolute Gasteiger partial charge is 0.286 e. The number of hydrogen-bond donors (Lipinski definition) is 1. The lowest BCUT2D eigenvalue weighted by Crippen LogP contribution is -2.25. The summed E-state index contributed by atoms with van der Waals surface area (Å²) in [6.07, 6.45) is 1.58. The zero-order valence-electron chi connectivity index (χ0n) is 19.7. The lowest BCUT2D eigenvalue weighted by Gasteiger charge is -2.18. The molecule has 1 fully saturated rings. The molecule has 0 bridgehead atoms. The van der Waals surface area contributed by atoms with E-state index >= 15 is 0 Å². The molecule has 1 atom stereocenters. The van der Waals surface area contributed by atoms with Crippen LogP contribution in [0.4, 0.5) is 10.6 Å². The van der Waals surface area contributed by atoms with Crippen LogP contribution in [0.5, 0.6) is 23.1 Å². The topological polar surface area (TPSA) is 103 Å². The van der Waals surface area contributed by atoms with E-state index in [0.29, 0.717) is 48.1 Å². The van der Waals surface area contributed by atoms with Crippen molar-refractivity contribution in [2.45, 2.75) is 11.6 Å². The summed E-state index contributed by atoms with van der Waals surface area (Å²) in [5.74, 6) is 2.56. The van der Waals surface area contributed by atoms with E-state index in [1.165, 1.54) is 6.33 Å². The van der Waals surface area contributed by atoms with Crippen LogP contribution >= 0.6 is 11.8 Å². The first-order valence-corrected chi connectivity index (χ1v) is 11.3. The Kier molecular flexibility index (Phi) is 7.05. The average Bonchev–Trinajstić information content (AvgIpc) is 3.11. The van der Waals surface area contributed by atoms with Crippen molar-refractivity contribution in [1.29, 1.82) is 0 Å². The average molecular weight is 482 g/mol. The van der Waals surface area contributed by atoms with Crippen LogP contribution in [-0.2, 0) is 11.2 Å². The van der Waals surface area contributed by atoms with Gasteiger partial charge in [-0.3, -0.25) is 14.9 Å². The Hall–Kier alpha value is -3.79. The fourth-order valence-electron chi connectivity index (χ4n) is 3.13. The maximum Gasteiger partial charge on any atom is 0.286 e. The molecule has 2 aromatic carbocycles. The van der Waals surface area contributed by atoms with Gasteiger partial charge in [-0.25, -0.2) is 9.97 Å². The number of thioether (sulfide) groups is 1. The fourth-order valence-corrected chi connectivity index (χ4v) is 3.88. The highest BCUT2D eigenvalue weighted by molar-refractivity contribution is 8.15. The van der Waals surface area contributed by atoms with Gasteiger partial charge in [0.1, 0.15) is 36.0 Å². The van der Waals surface area contributed by atoms with E-state index in [1.807, 2.05) is 24.1 Å². The standard InChI is InChI=1S/C24H24N4O5S/c1-28(21-14-22(26-15-25-21)33-19-9-7-17(31-2)8-10-19)11-12-32-18-5-3-16(4-6-18)13-20-23(29)27-24(30)34-20/h3-10,14-15,20H,11-13H2,1-2H3,(H,27,29,30)/t20-/m0/s1/i20D. The highest BCUT2D eigenvalue weighted by atomic mass is 32.2. The number of methoxy groups -OCH3 is 1. The molecule has 0 spiro atoms. The van der Waals surface area contributed by atoms with Gasteiger partial charge in [0.05, 0.1) is 20.3 Å². The Morgan fingerprint density at radius 2 is 1.76 bits per heavy atom. The Morgan fingerprint density at radius 3 is 2.44 bits per heavy atom. The third-order valence-corrected chi connectivity index (χ3v) is 5.83. The molecule has 3 aromatic rings. The largest absolute Gasteiger partial charge is 0.497 e. The number of amides is 2. The number of rotatable bonds is 10. The number of anilines is 1. The number of carbonyl (C=O) groups excluding carboxylic acids is 2. The van der Waals surface area contributed by atoms with E-state index in [1.54, 1.807) is 49.6 Å². The zero-order chi connectivity index (χ0) is 24.8. The normalized spacial score (nSPS) is 17.6. The summed E-state index contributed by atoms with van der Waals surface area (Å²) in [4.78, 5) is 33.6. The molecule has 0 unspecified atom stereocenters. The molecule has 176 valence electrons. The van der Waals surface area contributed by atoms with E-state index in [9.17, 15) is 9.59 Å². The second-order valence-corrected chi connectivity index (χ2v) is 8.42. The van der Waals surface area contributed by atoms with Crippen molar-refractivity contribution < 1.29 is 25.2 Å². The number of nitrogens with one attached hydrogen (secondary N) is 1. The number of benzene rings is 2. The molecule has 0 saturated carbocycles. The maximum absolute atomic E-state index is 11.8. The number of carbonyl (C=O) groups is 2. The Labute approximate surface area is 202 Å². The van der Waals surface area contributed by atoms with Gasteiger partial charge in [-0.2, -0.15) is 0 Å². The lowest BCUT2D eigenvalue weighted by molar-refractivity contribution is -0.118. The maximum atomic E-state index is 11.8. The summed E-state index contributed by atoms with van der Waals surface area (Å²) in [6.45, 7) is 0.971. The number of nitrogens with zero attached hydrogens (tertiary/aromatic N) is 3. The number of hydrogen-bond acceptors (Lipinski definition) is 9. The molecule has 1 aliphatic heterocycles. The molecule has 34 heavy (non-hydrogen) atoms. The molecule has 1 aliphatic rings. The second kappa shape index (κ2) is 10.9. The molecule has 1 saturated heterocycles. The molecule has 2 heterocycles. The summed E-state index contributed by atoms with van der Waals surface area (Å²) < 4.78 is 25.0. The van der Waals surface area contributed by atoms with Crippen molar-refractivity contribution in [3.63, 3.8) is 0 Å². The van der Waals surface area contributed by atoms with Crippen molar-refractivity contribution in [1.82, 2.24) is 15.3 Å². The van der Waals surface area contributed by atoms with Gasteiger partial charge in [0.15, 0.2) is 0 Å². The summed E-state index contributed by atoms with van der Waals surface area (Å²) in [7, 11) is 3.50. The van der Waals surface area contributed by atoms with E-state index in [-0.39, 0.29) is 6.42 Å². The number of likely N-dealkylation sites (N-methyl/N-ethyl adjacent to an activating group) is 1. The van der Waals surface area contributed by atoms with E-state index in [2.05, 4.69) is 15.3 Å². The first-order chi connectivity index (χ1) is 16.8. The molecule has 1 aromatic heterocycles. The van der Waals surface area contributed by atoms with Gasteiger partial charge in [0.25, 0.3) is 5.24 Å². The van der Waals surface area contributed by atoms with Crippen molar-refractivity contribution in [3.8, 4) is 23.1 Å². The lowest BCUT2D eigenvalue weighted by atomic mass is 10.1. The van der Waals surface area contributed by atoms with Crippen LogP contribution < -0.4 is 24.4 Å². The van der Waals surface area contributed by atoms with Gasteiger partial charge < -0.3 is 19.1 Å². The molecule has 4 rings (SSSR count). The SMILES string of the molecule is [2H][C@@]1(Cc2ccc(OCCN(C)c3cc(Oc4ccc(OC)cc4)ncn3)cc2)SC(=O)NC1=O. The van der Waals surface area contributed by atoms with Gasteiger partial charge in [-0.15, -0.1) is 0 Å². The molecular formula is C24H24N4O5S. The quantitative estimate of drug-likeness (QED) is 0.464. The molecule has 0 radical (unpaired) electrons. The van der Waals surface area contributed by atoms with Gasteiger partial charge in [0, 0.05) is 13.1 Å². The van der Waals surface area contributed by atoms with Crippen LogP contribution in [0.2, 0.25) is 0 Å². The summed E-state index contributed by atoms with van der Waals surface area (Å²) in [5, 5.41) is 0.137. The van der Waals surface area contributed by atoms with Crippen LogP contribution in [0.15, 0.2) is 60.9 Å². The minimum atomic E-state index is -1.53. The van der Waals surface area contributed by atoms with Gasteiger partial charge in [0.2, 0.25) is 11.8 Å². The van der Waals surface area contributed by atoms with E-state index in [4.69, 9.17) is 15.6 Å². The Balaban J connectivity index is 1.27. The molecule has 1 N–H and O–H groups in total. The summed E-state index contributed by atoms with van der Waals surface area (Å²) >= 11 is 0.699. The second-order valence-electron chi connectivity index (χ2n) is 7.35. The first kappa shape index (κ1) is 22.0. The minimum Gasteiger partial charge on any atom is -0.497 e. The minimum absolute atomic E-state index is 0.132. The molecule has 9 nitrogen and oxygen atoms in total. The summed E-state index contributed by atoms with van der Waals surface area (Å²) in [6, 6.07) is 16.1. The number of imide groups is 1. The van der Waals surface area contributed by atoms with Gasteiger partial charge in [-0.05, 0) is 48.4 Å². The van der Waals surface area contributed by atoms with Crippen LogP contribution in [0, 0.1) is 0 Å². The fraction of sp³-hybridized carbons (Fsp3) is 0.250. The van der Waals surface area contributed by atoms with Crippen molar-refractivity contribution >= 4 is 28.7 Å². The van der Waals surface area contributed by atoms with Crippen LogP contribution in [0.3, 0.4) is 0 Å².